The number of carbonyl (C=O) groups is 7. The van der Waals surface area contributed by atoms with E-state index in [-0.39, 0.29) is 88.1 Å². The van der Waals surface area contributed by atoms with Crippen molar-refractivity contribution in [1.29, 1.82) is 0 Å². The zero-order valence-corrected chi connectivity index (χ0v) is 52.8. The molecule has 3 aliphatic heterocycles. The minimum absolute atomic E-state index is 0. The van der Waals surface area contributed by atoms with Gasteiger partial charge in [-0.05, 0) is 116 Å². The molecule has 0 bridgehead atoms. The Morgan fingerprint density at radius 3 is 1.13 bits per heavy atom. The molecule has 0 fully saturated rings. The standard InChI is InChI=1S/C21H32BN3O7.C13H24N2O6.C11H16BN3O3.C8H10BNO2.3ClH/c1-20(2,3)30-18(27)24-11-15(25-19(28)31-21(4,5)6)17(26)23-12-16-13-9-7-8-10-14(13)22(29)32-16;1-12(2,3)20-10(18)14-7-8(9(16)17)15-11(19)21-13(4,5)6;13-5-9(14)11(16)15-6-10-7-3-1-2-4-8(7)12(17)18-10;10-5-8-6-3-1-2-4-7(6)9(11)12-8;;;/h7-10,15-16,29H,11-12H2,1-6H3,(H,23,26)(H,24,27)(H,25,28);8H,7H2,1-6H3,(H,14,18)(H,15,19)(H,16,17);1-4,9-10,17H,5-6,13-14H2,(H,15,16);1-4,8,11H,5,10H2;3*1H. The summed E-state index contributed by atoms with van der Waals surface area (Å²) in [5.41, 5.74) is 18.2. The van der Waals surface area contributed by atoms with Crippen LogP contribution >= 0.6 is 37.2 Å². The normalized spacial score (nSPS) is 16.4. The predicted molar refractivity (Wildman–Crippen MR) is 330 cm³/mol. The number of hydrogen-bond donors (Lipinski definition) is 13. The van der Waals surface area contributed by atoms with E-state index in [9.17, 15) is 48.6 Å². The van der Waals surface area contributed by atoms with Crippen LogP contribution in [0.15, 0.2) is 72.8 Å². The third-order valence-corrected chi connectivity index (χ3v) is 11.1. The Morgan fingerprint density at radius 2 is 0.791 bits per heavy atom. The van der Waals surface area contributed by atoms with Crippen LogP contribution in [0.3, 0.4) is 0 Å². The molecule has 33 heteroatoms. The van der Waals surface area contributed by atoms with Crippen LogP contribution in [0, 0.1) is 0 Å². The summed E-state index contributed by atoms with van der Waals surface area (Å²) in [6.07, 6.45) is -4.22. The maximum Gasteiger partial charge on any atom is 0.492 e. The van der Waals surface area contributed by atoms with Crippen molar-refractivity contribution in [2.75, 3.05) is 39.3 Å². The van der Waals surface area contributed by atoms with E-state index in [0.717, 1.165) is 27.6 Å². The Kier molecular flexibility index (Phi) is 33.6. The number of aliphatic carboxylic acids is 1. The van der Waals surface area contributed by atoms with Gasteiger partial charge in [-0.2, -0.15) is 0 Å². The van der Waals surface area contributed by atoms with Gasteiger partial charge in [-0.25, -0.2) is 24.0 Å². The summed E-state index contributed by atoms with van der Waals surface area (Å²) in [5.74, 6) is -2.17. The number of alkyl carbamates (subject to hydrolysis) is 4. The summed E-state index contributed by atoms with van der Waals surface area (Å²) in [4.78, 5) is 82.4. The van der Waals surface area contributed by atoms with E-state index in [1.807, 2.05) is 54.6 Å². The van der Waals surface area contributed by atoms with Crippen LogP contribution < -0.4 is 65.5 Å². The quantitative estimate of drug-likeness (QED) is 0.0745. The molecule has 6 amide bonds. The Hall–Kier alpha value is -6.15. The van der Waals surface area contributed by atoms with Crippen LogP contribution in [0.2, 0.25) is 0 Å². The summed E-state index contributed by atoms with van der Waals surface area (Å²) < 4.78 is 36.4. The predicted octanol–water partition coefficient (Wildman–Crippen LogP) is 0.986. The van der Waals surface area contributed by atoms with E-state index in [0.29, 0.717) is 12.0 Å². The maximum absolute atomic E-state index is 12.8. The largest absolute Gasteiger partial charge is 0.492 e. The molecule has 480 valence electrons. The second-order valence-electron chi connectivity index (χ2n) is 22.9. The molecular formula is C53H85B3Cl3N9O18. The van der Waals surface area contributed by atoms with Crippen molar-refractivity contribution < 1.29 is 86.7 Å². The lowest BCUT2D eigenvalue weighted by Crippen LogP contribution is -2.54. The highest BCUT2D eigenvalue weighted by atomic mass is 35.5. The van der Waals surface area contributed by atoms with Crippen molar-refractivity contribution in [3.05, 3.63) is 89.5 Å². The van der Waals surface area contributed by atoms with Gasteiger partial charge < -0.3 is 102 Å². The van der Waals surface area contributed by atoms with Crippen molar-refractivity contribution >= 4 is 117 Å². The van der Waals surface area contributed by atoms with Gasteiger partial charge in [-0.15, -0.1) is 37.2 Å². The van der Waals surface area contributed by atoms with E-state index in [4.69, 9.17) is 55.2 Å². The van der Waals surface area contributed by atoms with Crippen LogP contribution in [-0.4, -0.2) is 163 Å². The molecule has 3 aromatic carbocycles. The Bertz CT molecular complexity index is 2670. The maximum atomic E-state index is 12.8. The first-order valence-corrected chi connectivity index (χ1v) is 26.6. The minimum Gasteiger partial charge on any atom is -0.480 e. The van der Waals surface area contributed by atoms with E-state index >= 15 is 0 Å². The van der Waals surface area contributed by atoms with Crippen LogP contribution in [-0.2, 0) is 47.3 Å². The molecular weight excluding hydrogens is 1190 g/mol. The topological polar surface area (TPSA) is 415 Å². The molecule has 0 aliphatic carbocycles. The fourth-order valence-electron chi connectivity index (χ4n) is 7.55. The molecule has 16 N–H and O–H groups in total. The fraction of sp³-hybridized carbons (Fsp3) is 0.528. The first-order chi connectivity index (χ1) is 38.5. The second-order valence-corrected chi connectivity index (χ2v) is 22.9. The highest BCUT2D eigenvalue weighted by Gasteiger charge is 2.37. The average molecular weight is 1280 g/mol. The highest BCUT2D eigenvalue weighted by Crippen LogP contribution is 2.24. The van der Waals surface area contributed by atoms with Crippen molar-refractivity contribution in [2.24, 2.45) is 17.2 Å². The number of carboxylic acid groups (broad SMARTS) is 1. The van der Waals surface area contributed by atoms with Crippen LogP contribution in [0.1, 0.15) is 118 Å². The molecule has 3 aromatic rings. The summed E-state index contributed by atoms with van der Waals surface area (Å²) in [7, 11) is -2.81. The number of halogens is 3. The molecule has 6 atom stereocenters. The van der Waals surface area contributed by atoms with Gasteiger partial charge in [-0.1, -0.05) is 72.8 Å². The summed E-state index contributed by atoms with van der Waals surface area (Å²) in [6.45, 7) is 20.5. The van der Waals surface area contributed by atoms with Gasteiger partial charge in [0.15, 0.2) is 0 Å². The van der Waals surface area contributed by atoms with Gasteiger partial charge in [-0.3, -0.25) is 9.59 Å². The number of amides is 6. The van der Waals surface area contributed by atoms with Crippen molar-refractivity contribution in [3.63, 3.8) is 0 Å². The molecule has 3 heterocycles. The summed E-state index contributed by atoms with van der Waals surface area (Å²) >= 11 is 0. The number of carbonyl (C=O) groups excluding carboxylic acids is 6. The molecule has 86 heavy (non-hydrogen) atoms. The van der Waals surface area contributed by atoms with Crippen LogP contribution in [0.4, 0.5) is 19.2 Å². The third-order valence-electron chi connectivity index (χ3n) is 11.1. The number of benzene rings is 3. The van der Waals surface area contributed by atoms with Gasteiger partial charge in [0.25, 0.3) is 0 Å². The Morgan fingerprint density at radius 1 is 0.488 bits per heavy atom. The first kappa shape index (κ1) is 79.9. The van der Waals surface area contributed by atoms with Gasteiger partial charge in [0, 0.05) is 26.2 Å². The smallest absolute Gasteiger partial charge is 0.480 e. The molecule has 0 aromatic heterocycles. The van der Waals surface area contributed by atoms with E-state index in [2.05, 4.69) is 31.9 Å². The first-order valence-electron chi connectivity index (χ1n) is 26.6. The number of fused-ring (bicyclic) bond motifs is 3. The number of ether oxygens (including phenoxy) is 4. The molecule has 27 nitrogen and oxygen atoms in total. The number of nitrogens with two attached hydrogens (primary N) is 3. The number of hydrogen-bond acceptors (Lipinski definition) is 20. The zero-order valence-electron chi connectivity index (χ0n) is 50.3. The van der Waals surface area contributed by atoms with Crippen LogP contribution in [0.25, 0.3) is 0 Å². The number of rotatable bonds is 15. The van der Waals surface area contributed by atoms with Crippen molar-refractivity contribution in [1.82, 2.24) is 31.9 Å². The van der Waals surface area contributed by atoms with E-state index in [1.54, 1.807) is 101 Å². The lowest BCUT2D eigenvalue weighted by Gasteiger charge is -2.25. The van der Waals surface area contributed by atoms with Crippen molar-refractivity contribution in [3.8, 4) is 0 Å². The molecule has 6 rings (SSSR count). The summed E-state index contributed by atoms with van der Waals surface area (Å²) in [5, 5.41) is 52.8. The minimum atomic E-state index is -1.31. The Balaban J connectivity index is 0.00000117. The molecule has 0 saturated heterocycles. The molecule has 0 radical (unpaired) electrons. The van der Waals surface area contributed by atoms with Gasteiger partial charge in [0.1, 0.15) is 34.5 Å². The van der Waals surface area contributed by atoms with E-state index < -0.39 is 104 Å². The van der Waals surface area contributed by atoms with Crippen LogP contribution in [0.5, 0.6) is 0 Å². The molecule has 0 spiro atoms. The van der Waals surface area contributed by atoms with Crippen molar-refractivity contribution in [2.45, 2.75) is 142 Å². The van der Waals surface area contributed by atoms with Gasteiger partial charge in [0.2, 0.25) is 11.8 Å². The average Bonchev–Trinajstić information content (AvgIpc) is 2.72. The lowest BCUT2D eigenvalue weighted by molar-refractivity contribution is -0.139. The molecule has 6 unspecified atom stereocenters. The lowest BCUT2D eigenvalue weighted by atomic mass is 9.79. The van der Waals surface area contributed by atoms with E-state index in [1.165, 1.54) is 0 Å². The third kappa shape index (κ3) is 28.6. The number of nitrogens with one attached hydrogen (secondary N) is 6. The van der Waals surface area contributed by atoms with Gasteiger partial charge >= 0.3 is 51.7 Å². The highest BCUT2D eigenvalue weighted by molar-refractivity contribution is 6.62. The number of carboxylic acids is 1. The molecule has 3 aliphatic rings. The zero-order chi connectivity index (χ0) is 62.6. The fourth-order valence-corrected chi connectivity index (χ4v) is 7.55. The second kappa shape index (κ2) is 36.2. The van der Waals surface area contributed by atoms with Gasteiger partial charge in [0.05, 0.1) is 37.4 Å². The Labute approximate surface area is 521 Å². The molecule has 0 saturated carbocycles. The summed E-state index contributed by atoms with van der Waals surface area (Å²) in [6, 6.07) is 18.9. The SMILES string of the molecule is CC(C)(C)OC(=O)NCC(NC(=O)OC(C)(C)C)C(=O)NCC1OB(O)c2ccccc21.CC(C)(C)OC(=O)NCC(NC(=O)OC(C)(C)C)C(=O)O.Cl.Cl.Cl.NCC(N)C(=O)NCC1OB(O)c2ccccc21.NCC1OB(O)c2ccccc21. The monoisotopic (exact) mass is 1270 g/mol.